The van der Waals surface area contributed by atoms with Crippen LogP contribution >= 0.6 is 0 Å². The number of nitrogens with zero attached hydrogens (tertiary/aromatic N) is 1. The van der Waals surface area contributed by atoms with Gasteiger partial charge in [0.1, 0.15) is 11.2 Å². The van der Waals surface area contributed by atoms with E-state index < -0.39 is 0 Å². The first-order valence-corrected chi connectivity index (χ1v) is 19.2. The molecule has 2 nitrogen and oxygen atoms in total. The SMILES string of the molecule is c1ccc(-c2ccccc2-c2ccc(N(c3ccc(-c4cc5ccccc5c5ccccc45)cc3)c3cc4ccccc4c4oc5ccccc5c34)cc2)cc1. The lowest BCUT2D eigenvalue weighted by Gasteiger charge is -2.27. The Balaban J connectivity index is 1.11. The molecule has 0 amide bonds. The van der Waals surface area contributed by atoms with E-state index in [1.807, 2.05) is 6.07 Å². The Kier molecular flexibility index (Phi) is 7.53. The lowest BCUT2D eigenvalue weighted by Crippen LogP contribution is -2.10. The van der Waals surface area contributed by atoms with Crippen molar-refractivity contribution < 1.29 is 4.42 Å². The highest BCUT2D eigenvalue weighted by Crippen LogP contribution is 2.47. The van der Waals surface area contributed by atoms with Gasteiger partial charge in [-0.15, -0.1) is 0 Å². The highest BCUT2D eigenvalue weighted by molar-refractivity contribution is 6.22. The van der Waals surface area contributed by atoms with Crippen LogP contribution in [0.2, 0.25) is 0 Å². The second-order valence-electron chi connectivity index (χ2n) is 14.5. The molecule has 0 atom stereocenters. The van der Waals surface area contributed by atoms with Gasteiger partial charge in [0.2, 0.25) is 0 Å². The molecule has 0 N–H and O–H groups in total. The standard InChI is InChI=1S/C54H35NO/c1-2-14-36(15-3-1)43-18-8-9-19-44(43)37-26-30-41(31-27-37)55(51-35-40-17-5-7-21-46(40)54-53(51)49-24-12-13-25-52(49)56-54)42-32-28-38(29-33-42)50-34-39-16-4-6-20-45(39)47-22-10-11-23-48(47)50/h1-35H. The van der Waals surface area contributed by atoms with Crippen LogP contribution in [0.3, 0.4) is 0 Å². The summed E-state index contributed by atoms with van der Waals surface area (Å²) < 4.78 is 6.69. The van der Waals surface area contributed by atoms with Crippen molar-refractivity contribution in [2.24, 2.45) is 0 Å². The van der Waals surface area contributed by atoms with Crippen molar-refractivity contribution >= 4 is 71.3 Å². The highest BCUT2D eigenvalue weighted by Gasteiger charge is 2.22. The number of rotatable bonds is 6. The molecule has 2 heteroatoms. The summed E-state index contributed by atoms with van der Waals surface area (Å²) in [5.41, 5.74) is 12.2. The Labute approximate surface area is 325 Å². The minimum Gasteiger partial charge on any atom is -0.455 e. The number of benzene rings is 10. The first-order chi connectivity index (χ1) is 27.8. The summed E-state index contributed by atoms with van der Waals surface area (Å²) in [6.07, 6.45) is 0. The van der Waals surface area contributed by atoms with Crippen molar-refractivity contribution in [2.45, 2.75) is 0 Å². The molecule has 11 rings (SSSR count). The predicted octanol–water partition coefficient (Wildman–Crippen LogP) is 15.5. The Morgan fingerprint density at radius 1 is 0.321 bits per heavy atom. The van der Waals surface area contributed by atoms with Gasteiger partial charge in [-0.3, -0.25) is 0 Å². The summed E-state index contributed by atoms with van der Waals surface area (Å²) in [6.45, 7) is 0. The van der Waals surface area contributed by atoms with Crippen molar-refractivity contribution in [3.63, 3.8) is 0 Å². The maximum absolute atomic E-state index is 6.69. The summed E-state index contributed by atoms with van der Waals surface area (Å²) in [7, 11) is 0. The van der Waals surface area contributed by atoms with Crippen molar-refractivity contribution in [2.75, 3.05) is 4.90 Å². The van der Waals surface area contributed by atoms with Gasteiger partial charge in [-0.1, -0.05) is 170 Å². The average molecular weight is 714 g/mol. The molecular weight excluding hydrogens is 679 g/mol. The zero-order chi connectivity index (χ0) is 37.0. The van der Waals surface area contributed by atoms with Crippen LogP contribution in [0.1, 0.15) is 0 Å². The van der Waals surface area contributed by atoms with Crippen LogP contribution in [-0.2, 0) is 0 Å². The number of para-hydroxylation sites is 1. The van der Waals surface area contributed by atoms with E-state index in [0.717, 1.165) is 49.8 Å². The molecule has 0 aliphatic rings. The van der Waals surface area contributed by atoms with Gasteiger partial charge in [0.15, 0.2) is 0 Å². The van der Waals surface area contributed by atoms with E-state index in [0.29, 0.717) is 0 Å². The lowest BCUT2D eigenvalue weighted by molar-refractivity contribution is 0.672. The molecule has 0 aliphatic heterocycles. The molecule has 56 heavy (non-hydrogen) atoms. The maximum atomic E-state index is 6.69. The van der Waals surface area contributed by atoms with Gasteiger partial charge in [-0.05, 0) is 103 Å². The molecule has 0 unspecified atom stereocenters. The summed E-state index contributed by atoms with van der Waals surface area (Å²) in [4.78, 5) is 2.39. The van der Waals surface area contributed by atoms with E-state index in [9.17, 15) is 0 Å². The second-order valence-corrected chi connectivity index (χ2v) is 14.5. The lowest BCUT2D eigenvalue weighted by atomic mass is 9.93. The number of fused-ring (bicyclic) bond motifs is 8. The summed E-state index contributed by atoms with van der Waals surface area (Å²) in [6, 6.07) is 76.4. The molecule has 1 aromatic heterocycles. The quantitative estimate of drug-likeness (QED) is 0.160. The Morgan fingerprint density at radius 2 is 0.804 bits per heavy atom. The van der Waals surface area contributed by atoms with Gasteiger partial charge >= 0.3 is 0 Å². The first-order valence-electron chi connectivity index (χ1n) is 19.2. The summed E-state index contributed by atoms with van der Waals surface area (Å²) >= 11 is 0. The zero-order valence-electron chi connectivity index (χ0n) is 30.6. The van der Waals surface area contributed by atoms with Crippen LogP contribution in [0.15, 0.2) is 217 Å². The van der Waals surface area contributed by atoms with E-state index in [1.54, 1.807) is 0 Å². The highest BCUT2D eigenvalue weighted by atomic mass is 16.3. The van der Waals surface area contributed by atoms with E-state index in [-0.39, 0.29) is 0 Å². The van der Waals surface area contributed by atoms with Crippen LogP contribution < -0.4 is 4.90 Å². The minimum absolute atomic E-state index is 0.881. The summed E-state index contributed by atoms with van der Waals surface area (Å²) in [5, 5.41) is 9.47. The first kappa shape index (κ1) is 32.0. The fourth-order valence-corrected chi connectivity index (χ4v) is 8.62. The van der Waals surface area contributed by atoms with Crippen molar-refractivity contribution in [1.29, 1.82) is 0 Å². The molecule has 0 bridgehead atoms. The molecule has 10 aromatic carbocycles. The normalized spacial score (nSPS) is 11.6. The molecule has 0 aliphatic carbocycles. The average Bonchev–Trinajstić information content (AvgIpc) is 3.67. The Hall–Kier alpha value is -7.42. The smallest absolute Gasteiger partial charge is 0.145 e. The molecule has 1 heterocycles. The topological polar surface area (TPSA) is 16.4 Å². The molecule has 0 saturated carbocycles. The number of hydrogen-bond acceptors (Lipinski definition) is 2. The van der Waals surface area contributed by atoms with Crippen LogP contribution in [0, 0.1) is 0 Å². The van der Waals surface area contributed by atoms with E-state index >= 15 is 0 Å². The van der Waals surface area contributed by atoms with Gasteiger partial charge in [0.05, 0.1) is 11.1 Å². The molecule has 0 spiro atoms. The zero-order valence-corrected chi connectivity index (χ0v) is 30.6. The van der Waals surface area contributed by atoms with Crippen LogP contribution in [0.4, 0.5) is 17.1 Å². The largest absolute Gasteiger partial charge is 0.455 e. The van der Waals surface area contributed by atoms with Gasteiger partial charge in [-0.2, -0.15) is 0 Å². The van der Waals surface area contributed by atoms with Crippen molar-refractivity contribution in [1.82, 2.24) is 0 Å². The van der Waals surface area contributed by atoms with Gasteiger partial charge in [-0.25, -0.2) is 0 Å². The minimum atomic E-state index is 0.881. The molecular formula is C54H35NO. The molecule has 0 saturated heterocycles. The predicted molar refractivity (Wildman–Crippen MR) is 237 cm³/mol. The van der Waals surface area contributed by atoms with Crippen LogP contribution in [-0.4, -0.2) is 0 Å². The second kappa shape index (κ2) is 13.2. The third kappa shape index (κ3) is 5.26. The third-order valence-electron chi connectivity index (χ3n) is 11.2. The monoisotopic (exact) mass is 713 g/mol. The van der Waals surface area contributed by atoms with E-state index in [2.05, 4.69) is 211 Å². The Bertz CT molecular complexity index is 3230. The number of furan rings is 1. The molecule has 0 fully saturated rings. The Morgan fingerprint density at radius 3 is 1.48 bits per heavy atom. The van der Waals surface area contributed by atoms with E-state index in [1.165, 1.54) is 54.9 Å². The van der Waals surface area contributed by atoms with E-state index in [4.69, 9.17) is 4.42 Å². The maximum Gasteiger partial charge on any atom is 0.145 e. The summed E-state index contributed by atoms with van der Waals surface area (Å²) in [5.74, 6) is 0. The number of hydrogen-bond donors (Lipinski definition) is 0. The fourth-order valence-electron chi connectivity index (χ4n) is 8.62. The van der Waals surface area contributed by atoms with Crippen LogP contribution in [0.25, 0.3) is 87.6 Å². The third-order valence-corrected chi connectivity index (χ3v) is 11.2. The van der Waals surface area contributed by atoms with Gasteiger partial charge in [0.25, 0.3) is 0 Å². The van der Waals surface area contributed by atoms with Crippen molar-refractivity contribution in [3.05, 3.63) is 212 Å². The van der Waals surface area contributed by atoms with Gasteiger partial charge < -0.3 is 9.32 Å². The van der Waals surface area contributed by atoms with Gasteiger partial charge in [0, 0.05) is 22.1 Å². The fraction of sp³-hybridized carbons (Fsp3) is 0. The molecule has 262 valence electrons. The number of anilines is 3. The molecule has 0 radical (unpaired) electrons. The van der Waals surface area contributed by atoms with Crippen LogP contribution in [0.5, 0.6) is 0 Å². The van der Waals surface area contributed by atoms with Crippen molar-refractivity contribution in [3.8, 4) is 33.4 Å². The molecule has 11 aromatic rings.